The average Bonchev–Trinajstić information content (AvgIpc) is 2.04. The molecule has 0 bridgehead atoms. The van der Waals surface area contributed by atoms with Gasteiger partial charge in [0.05, 0.1) is 12.2 Å². The molecule has 3 unspecified atom stereocenters. The third kappa shape index (κ3) is 2.76. The van der Waals surface area contributed by atoms with Crippen molar-refractivity contribution >= 4 is 0 Å². The molecule has 0 spiro atoms. The van der Waals surface area contributed by atoms with Crippen molar-refractivity contribution < 1.29 is 9.84 Å². The molecule has 1 aliphatic rings. The monoisotopic (exact) mass is 172 g/mol. The number of rotatable bonds is 3. The van der Waals surface area contributed by atoms with E-state index < -0.39 is 0 Å². The molecule has 72 valence electrons. The van der Waals surface area contributed by atoms with E-state index in [1.807, 2.05) is 6.92 Å². The molecule has 0 saturated heterocycles. The van der Waals surface area contributed by atoms with Gasteiger partial charge in [-0.15, -0.1) is 0 Å². The highest BCUT2D eigenvalue weighted by Crippen LogP contribution is 2.29. The molecule has 12 heavy (non-hydrogen) atoms. The number of methoxy groups -OCH3 is 1. The van der Waals surface area contributed by atoms with E-state index in [1.54, 1.807) is 7.11 Å². The number of aliphatic hydroxyl groups is 1. The quantitative estimate of drug-likeness (QED) is 0.705. The zero-order chi connectivity index (χ0) is 8.97. The number of hydrogen-bond donors (Lipinski definition) is 1. The third-order valence-corrected chi connectivity index (χ3v) is 2.79. The van der Waals surface area contributed by atoms with Crippen molar-refractivity contribution in [2.75, 3.05) is 7.11 Å². The molecule has 0 aliphatic heterocycles. The Hall–Kier alpha value is -0.0800. The number of aliphatic hydroxyl groups excluding tert-OH is 1. The topological polar surface area (TPSA) is 29.5 Å². The molecular weight excluding hydrogens is 152 g/mol. The minimum absolute atomic E-state index is 0.175. The molecule has 3 atom stereocenters. The highest BCUT2D eigenvalue weighted by molar-refractivity contribution is 4.76. The molecule has 0 heterocycles. The molecule has 1 N–H and O–H groups in total. The van der Waals surface area contributed by atoms with Crippen LogP contribution in [0.5, 0.6) is 0 Å². The largest absolute Gasteiger partial charge is 0.393 e. The fourth-order valence-electron chi connectivity index (χ4n) is 2.19. The Kier molecular flexibility index (Phi) is 4.02. The second-order valence-corrected chi connectivity index (χ2v) is 3.90. The Balaban J connectivity index is 2.36. The summed E-state index contributed by atoms with van der Waals surface area (Å²) in [6, 6.07) is 0. The number of hydrogen-bond acceptors (Lipinski definition) is 2. The average molecular weight is 172 g/mol. The first-order chi connectivity index (χ1) is 5.74. The smallest absolute Gasteiger partial charge is 0.0600 e. The fourth-order valence-corrected chi connectivity index (χ4v) is 2.19. The van der Waals surface area contributed by atoms with Crippen molar-refractivity contribution in [2.24, 2.45) is 5.92 Å². The van der Waals surface area contributed by atoms with Crippen molar-refractivity contribution in [1.29, 1.82) is 0 Å². The summed E-state index contributed by atoms with van der Waals surface area (Å²) < 4.78 is 5.39. The summed E-state index contributed by atoms with van der Waals surface area (Å²) in [6.07, 6.45) is 6.11. The predicted molar refractivity (Wildman–Crippen MR) is 49.1 cm³/mol. The second-order valence-electron chi connectivity index (χ2n) is 3.90. The number of ether oxygens (including phenoxy) is 1. The first-order valence-corrected chi connectivity index (χ1v) is 4.95. The van der Waals surface area contributed by atoms with E-state index in [1.165, 1.54) is 25.7 Å². The van der Waals surface area contributed by atoms with E-state index in [9.17, 15) is 5.11 Å². The predicted octanol–water partition coefficient (Wildman–Crippen LogP) is 1.96. The van der Waals surface area contributed by atoms with E-state index in [-0.39, 0.29) is 6.10 Å². The van der Waals surface area contributed by atoms with Crippen LogP contribution in [0.15, 0.2) is 0 Å². The van der Waals surface area contributed by atoms with Crippen LogP contribution in [0.4, 0.5) is 0 Å². The molecule has 0 aromatic rings. The molecule has 0 aromatic carbocycles. The summed E-state index contributed by atoms with van der Waals surface area (Å²) in [5.41, 5.74) is 0. The van der Waals surface area contributed by atoms with Gasteiger partial charge in [-0.25, -0.2) is 0 Å². The normalized spacial score (nSPS) is 33.2. The van der Waals surface area contributed by atoms with Gasteiger partial charge in [0.15, 0.2) is 0 Å². The highest BCUT2D eigenvalue weighted by atomic mass is 16.5. The lowest BCUT2D eigenvalue weighted by Crippen LogP contribution is -2.29. The van der Waals surface area contributed by atoms with Gasteiger partial charge < -0.3 is 9.84 Å². The standard InChI is InChI=1S/C10H20O2/c1-8(11)7-9-5-3-4-6-10(9)12-2/h8-11H,3-7H2,1-2H3. The molecule has 2 heteroatoms. The summed E-state index contributed by atoms with van der Waals surface area (Å²) >= 11 is 0. The van der Waals surface area contributed by atoms with Gasteiger partial charge in [0, 0.05) is 7.11 Å². The van der Waals surface area contributed by atoms with E-state index in [0.717, 1.165) is 6.42 Å². The van der Waals surface area contributed by atoms with Gasteiger partial charge >= 0.3 is 0 Å². The molecule has 1 saturated carbocycles. The van der Waals surface area contributed by atoms with Crippen LogP contribution in [0, 0.1) is 5.92 Å². The van der Waals surface area contributed by atoms with Gasteiger partial charge in [0.1, 0.15) is 0 Å². The zero-order valence-electron chi connectivity index (χ0n) is 8.12. The Morgan fingerprint density at radius 1 is 1.42 bits per heavy atom. The molecule has 0 radical (unpaired) electrons. The van der Waals surface area contributed by atoms with Gasteiger partial charge in [-0.3, -0.25) is 0 Å². The first kappa shape index (κ1) is 10.0. The summed E-state index contributed by atoms with van der Waals surface area (Å²) in [5.74, 6) is 0.587. The van der Waals surface area contributed by atoms with Crippen LogP contribution in [0.1, 0.15) is 39.0 Å². The van der Waals surface area contributed by atoms with Crippen molar-refractivity contribution in [3.63, 3.8) is 0 Å². The second kappa shape index (κ2) is 4.83. The summed E-state index contributed by atoms with van der Waals surface area (Å²) in [4.78, 5) is 0. The highest BCUT2D eigenvalue weighted by Gasteiger charge is 2.25. The maximum Gasteiger partial charge on any atom is 0.0600 e. The lowest BCUT2D eigenvalue weighted by molar-refractivity contribution is 0.00360. The zero-order valence-corrected chi connectivity index (χ0v) is 8.12. The minimum Gasteiger partial charge on any atom is -0.393 e. The molecule has 1 rings (SSSR count). The summed E-state index contributed by atoms with van der Waals surface area (Å²) in [7, 11) is 1.78. The Morgan fingerprint density at radius 3 is 2.67 bits per heavy atom. The fraction of sp³-hybridized carbons (Fsp3) is 1.00. The van der Waals surface area contributed by atoms with E-state index >= 15 is 0 Å². The molecule has 0 aromatic heterocycles. The molecular formula is C10H20O2. The van der Waals surface area contributed by atoms with Crippen LogP contribution < -0.4 is 0 Å². The lowest BCUT2D eigenvalue weighted by Gasteiger charge is -2.31. The van der Waals surface area contributed by atoms with Crippen molar-refractivity contribution in [3.05, 3.63) is 0 Å². The third-order valence-electron chi connectivity index (χ3n) is 2.79. The minimum atomic E-state index is -0.175. The molecule has 0 amide bonds. The van der Waals surface area contributed by atoms with Crippen LogP contribution in [0.2, 0.25) is 0 Å². The lowest BCUT2D eigenvalue weighted by atomic mass is 9.83. The molecule has 1 fully saturated rings. The van der Waals surface area contributed by atoms with E-state index in [2.05, 4.69) is 0 Å². The van der Waals surface area contributed by atoms with Gasteiger partial charge in [0.25, 0.3) is 0 Å². The summed E-state index contributed by atoms with van der Waals surface area (Å²) in [6.45, 7) is 1.86. The van der Waals surface area contributed by atoms with Crippen LogP contribution in [-0.4, -0.2) is 24.4 Å². The Bertz CT molecular complexity index is 123. The van der Waals surface area contributed by atoms with E-state index in [4.69, 9.17) is 4.74 Å². The summed E-state index contributed by atoms with van der Waals surface area (Å²) in [5, 5.41) is 9.26. The molecule has 1 aliphatic carbocycles. The van der Waals surface area contributed by atoms with Crippen molar-refractivity contribution in [1.82, 2.24) is 0 Å². The molecule has 2 nitrogen and oxygen atoms in total. The SMILES string of the molecule is COC1CCCCC1CC(C)O. The van der Waals surface area contributed by atoms with Gasteiger partial charge in [-0.05, 0) is 32.1 Å². The van der Waals surface area contributed by atoms with Crippen molar-refractivity contribution in [3.8, 4) is 0 Å². The maximum atomic E-state index is 9.26. The van der Waals surface area contributed by atoms with Crippen LogP contribution in [0.3, 0.4) is 0 Å². The van der Waals surface area contributed by atoms with Gasteiger partial charge in [-0.2, -0.15) is 0 Å². The van der Waals surface area contributed by atoms with Crippen LogP contribution >= 0.6 is 0 Å². The van der Waals surface area contributed by atoms with E-state index in [0.29, 0.717) is 12.0 Å². The van der Waals surface area contributed by atoms with Gasteiger partial charge in [-0.1, -0.05) is 12.8 Å². The maximum absolute atomic E-state index is 9.26. The Labute approximate surface area is 74.9 Å². The first-order valence-electron chi connectivity index (χ1n) is 4.95. The Morgan fingerprint density at radius 2 is 2.08 bits per heavy atom. The van der Waals surface area contributed by atoms with Gasteiger partial charge in [0.2, 0.25) is 0 Å². The van der Waals surface area contributed by atoms with Crippen LogP contribution in [-0.2, 0) is 4.74 Å². The van der Waals surface area contributed by atoms with Crippen molar-refractivity contribution in [2.45, 2.75) is 51.2 Å². The van der Waals surface area contributed by atoms with Crippen LogP contribution in [0.25, 0.3) is 0 Å².